The van der Waals surface area contributed by atoms with Gasteiger partial charge in [-0.15, -0.1) is 0 Å². The van der Waals surface area contributed by atoms with Crippen molar-refractivity contribution in [3.05, 3.63) is 29.3 Å². The number of halogens is 3. The van der Waals surface area contributed by atoms with Crippen LogP contribution in [0.25, 0.3) is 0 Å². The molecule has 8 heteroatoms. The molecular weight excluding hydrogens is 252 g/mol. The van der Waals surface area contributed by atoms with Crippen molar-refractivity contribution in [3.8, 4) is 0 Å². The van der Waals surface area contributed by atoms with Crippen LogP contribution in [0.1, 0.15) is 10.4 Å². The number of hydrogen-bond donors (Lipinski definition) is 1. The lowest BCUT2D eigenvalue weighted by molar-refractivity contribution is 0.0996. The number of primary amides is 1. The van der Waals surface area contributed by atoms with Crippen LogP contribution in [-0.4, -0.2) is 14.3 Å². The largest absolute Gasteiger partial charge is 0.366 e. The van der Waals surface area contributed by atoms with E-state index < -0.39 is 37.1 Å². The van der Waals surface area contributed by atoms with Crippen molar-refractivity contribution in [1.82, 2.24) is 0 Å². The van der Waals surface area contributed by atoms with Gasteiger partial charge in [-0.25, -0.2) is 17.2 Å². The van der Waals surface area contributed by atoms with Crippen LogP contribution in [0.5, 0.6) is 0 Å². The fraction of sp³-hybridized carbons (Fsp3) is 0. The Kier molecular flexibility index (Phi) is 2.96. The van der Waals surface area contributed by atoms with Gasteiger partial charge >= 0.3 is 0 Å². The Morgan fingerprint density at radius 1 is 1.27 bits per heavy atom. The summed E-state index contributed by atoms with van der Waals surface area (Å²) >= 11 is 0. The maximum Gasteiger partial charge on any atom is 0.264 e. The van der Waals surface area contributed by atoms with Gasteiger partial charge in [0.25, 0.3) is 15.0 Å². The van der Waals surface area contributed by atoms with Crippen molar-refractivity contribution in [2.24, 2.45) is 5.73 Å². The van der Waals surface area contributed by atoms with Crippen molar-refractivity contribution in [3.63, 3.8) is 0 Å². The molecule has 15 heavy (non-hydrogen) atoms. The van der Waals surface area contributed by atoms with Crippen molar-refractivity contribution < 1.29 is 22.0 Å². The second-order valence-corrected chi connectivity index (χ2v) is 5.10. The van der Waals surface area contributed by atoms with E-state index in [2.05, 4.69) is 0 Å². The lowest BCUT2D eigenvalue weighted by Crippen LogP contribution is -2.14. The summed E-state index contributed by atoms with van der Waals surface area (Å²) < 4.78 is 47.4. The molecule has 82 valence electrons. The van der Waals surface area contributed by atoms with E-state index in [1.54, 1.807) is 0 Å². The molecule has 1 aromatic rings. The Morgan fingerprint density at radius 3 is 2.20 bits per heavy atom. The zero-order chi connectivity index (χ0) is 11.8. The average molecular weight is 256 g/mol. The van der Waals surface area contributed by atoms with Crippen LogP contribution in [0.4, 0.5) is 8.78 Å². The van der Waals surface area contributed by atoms with E-state index in [0.717, 1.165) is 0 Å². The van der Waals surface area contributed by atoms with E-state index >= 15 is 0 Å². The highest BCUT2D eigenvalue weighted by atomic mass is 35.7. The molecule has 1 aromatic carbocycles. The molecule has 1 amide bonds. The van der Waals surface area contributed by atoms with E-state index in [-0.39, 0.29) is 6.07 Å². The third-order valence-electron chi connectivity index (χ3n) is 1.55. The minimum absolute atomic E-state index is 0.232. The molecule has 0 aromatic heterocycles. The maximum atomic E-state index is 12.9. The first kappa shape index (κ1) is 11.9. The Hall–Kier alpha value is -1.21. The molecule has 0 saturated heterocycles. The fourth-order valence-corrected chi connectivity index (χ4v) is 1.81. The summed E-state index contributed by atoms with van der Waals surface area (Å²) in [6.45, 7) is 0. The van der Waals surface area contributed by atoms with E-state index in [1.807, 2.05) is 0 Å². The lowest BCUT2D eigenvalue weighted by atomic mass is 10.2. The molecule has 0 aliphatic heterocycles. The van der Waals surface area contributed by atoms with Gasteiger partial charge in [0, 0.05) is 16.7 Å². The molecule has 0 atom stereocenters. The van der Waals surface area contributed by atoms with Crippen molar-refractivity contribution in [2.45, 2.75) is 4.90 Å². The normalized spacial score (nSPS) is 11.4. The number of amides is 1. The van der Waals surface area contributed by atoms with E-state index in [0.29, 0.717) is 6.07 Å². The highest BCUT2D eigenvalue weighted by Gasteiger charge is 2.21. The van der Waals surface area contributed by atoms with Gasteiger partial charge in [0.05, 0.1) is 5.56 Å². The predicted octanol–water partition coefficient (Wildman–Crippen LogP) is 0.991. The van der Waals surface area contributed by atoms with Gasteiger partial charge in [0.2, 0.25) is 0 Å². The number of benzene rings is 1. The van der Waals surface area contributed by atoms with Gasteiger partial charge in [0.1, 0.15) is 16.5 Å². The fourth-order valence-electron chi connectivity index (χ4n) is 0.905. The number of hydrogen-bond acceptors (Lipinski definition) is 3. The molecule has 4 nitrogen and oxygen atoms in total. The van der Waals surface area contributed by atoms with Crippen LogP contribution < -0.4 is 5.73 Å². The Labute approximate surface area is 88.1 Å². The third kappa shape index (κ3) is 2.42. The molecule has 2 N–H and O–H groups in total. The van der Waals surface area contributed by atoms with E-state index in [4.69, 9.17) is 16.4 Å². The van der Waals surface area contributed by atoms with Crippen LogP contribution in [0.2, 0.25) is 0 Å². The molecule has 0 aliphatic rings. The first-order valence-electron chi connectivity index (χ1n) is 3.47. The van der Waals surface area contributed by atoms with Crippen molar-refractivity contribution in [2.75, 3.05) is 0 Å². The van der Waals surface area contributed by atoms with Gasteiger partial charge in [-0.2, -0.15) is 0 Å². The van der Waals surface area contributed by atoms with Crippen molar-refractivity contribution >= 4 is 25.6 Å². The molecule has 0 fully saturated rings. The van der Waals surface area contributed by atoms with Crippen molar-refractivity contribution in [1.29, 1.82) is 0 Å². The molecule has 0 bridgehead atoms. The number of nitrogens with two attached hydrogens (primary N) is 1. The van der Waals surface area contributed by atoms with Gasteiger partial charge in [-0.1, -0.05) is 0 Å². The topological polar surface area (TPSA) is 77.2 Å². The summed E-state index contributed by atoms with van der Waals surface area (Å²) in [5.74, 6) is -3.84. The van der Waals surface area contributed by atoms with Crippen LogP contribution in [-0.2, 0) is 9.05 Å². The average Bonchev–Trinajstić information content (AvgIpc) is 2.00. The van der Waals surface area contributed by atoms with Crippen LogP contribution in [0.3, 0.4) is 0 Å². The predicted molar refractivity (Wildman–Crippen MR) is 47.9 cm³/mol. The minimum Gasteiger partial charge on any atom is -0.366 e. The second kappa shape index (κ2) is 3.74. The zero-order valence-electron chi connectivity index (χ0n) is 7.00. The highest BCUT2D eigenvalue weighted by Crippen LogP contribution is 2.22. The smallest absolute Gasteiger partial charge is 0.264 e. The summed E-state index contributed by atoms with van der Waals surface area (Å²) in [5, 5.41) is 0. The molecule has 0 heterocycles. The first-order chi connectivity index (χ1) is 6.73. The third-order valence-corrected chi connectivity index (χ3v) is 2.89. The molecule has 0 aliphatic carbocycles. The molecular formula is C7H4ClF2NO3S. The number of carbonyl (C=O) groups excluding carboxylic acids is 1. The standard InChI is InChI=1S/C7H4ClF2NO3S/c8-15(13,14)6-1-3(7(11)12)4(9)2-5(6)10/h1-2H,(H2,11,12). The summed E-state index contributed by atoms with van der Waals surface area (Å²) in [7, 11) is 0.467. The van der Waals surface area contributed by atoms with E-state index in [1.165, 1.54) is 0 Å². The van der Waals surface area contributed by atoms with Gasteiger partial charge in [0.15, 0.2) is 0 Å². The van der Waals surface area contributed by atoms with Crippen LogP contribution in [0, 0.1) is 11.6 Å². The molecule has 1 rings (SSSR count). The van der Waals surface area contributed by atoms with Gasteiger partial charge in [-0.3, -0.25) is 4.79 Å². The second-order valence-electron chi connectivity index (χ2n) is 2.56. The lowest BCUT2D eigenvalue weighted by Gasteiger charge is -2.02. The van der Waals surface area contributed by atoms with E-state index in [9.17, 15) is 22.0 Å². The first-order valence-corrected chi connectivity index (χ1v) is 5.78. The maximum absolute atomic E-state index is 12.9. The quantitative estimate of drug-likeness (QED) is 0.801. The molecule has 0 unspecified atom stereocenters. The summed E-state index contributed by atoms with van der Waals surface area (Å²) in [4.78, 5) is 9.65. The molecule has 0 saturated carbocycles. The molecule has 0 spiro atoms. The van der Waals surface area contributed by atoms with Crippen LogP contribution in [0.15, 0.2) is 17.0 Å². The number of rotatable bonds is 2. The Bertz CT molecular complexity index is 529. The summed E-state index contributed by atoms with van der Waals surface area (Å²) in [6, 6.07) is 0.685. The van der Waals surface area contributed by atoms with Gasteiger partial charge < -0.3 is 5.73 Å². The molecule has 0 radical (unpaired) electrons. The SMILES string of the molecule is NC(=O)c1cc(S(=O)(=O)Cl)c(F)cc1F. The van der Waals surface area contributed by atoms with Gasteiger partial charge in [-0.05, 0) is 6.07 Å². The van der Waals surface area contributed by atoms with Crippen LogP contribution >= 0.6 is 10.7 Å². The minimum atomic E-state index is -4.38. The summed E-state index contributed by atoms with van der Waals surface area (Å²) in [6.07, 6.45) is 0. The highest BCUT2D eigenvalue weighted by molar-refractivity contribution is 8.13. The Morgan fingerprint density at radius 2 is 1.80 bits per heavy atom. The zero-order valence-corrected chi connectivity index (χ0v) is 8.57. The Balaban J connectivity index is 3.58. The monoisotopic (exact) mass is 255 g/mol. The summed E-state index contributed by atoms with van der Waals surface area (Å²) in [5.41, 5.74) is 4.00. The number of carbonyl (C=O) groups is 1.